The molecular weight excluding hydrogens is 302 g/mol. The molecule has 1 aliphatic heterocycles. The summed E-state index contributed by atoms with van der Waals surface area (Å²) in [5.74, 6) is 0.0793. The van der Waals surface area contributed by atoms with Crippen LogP contribution in [-0.4, -0.2) is 38.0 Å². The fraction of sp³-hybridized carbons (Fsp3) is 0.333. The van der Waals surface area contributed by atoms with Gasteiger partial charge in [0.1, 0.15) is 11.6 Å². The lowest BCUT2D eigenvalue weighted by Crippen LogP contribution is -2.41. The summed E-state index contributed by atoms with van der Waals surface area (Å²) in [6.07, 6.45) is 0. The second-order valence-electron chi connectivity index (χ2n) is 5.48. The molecule has 2 aromatic rings. The Bertz CT molecular complexity index is 940. The molecule has 0 spiro atoms. The molecule has 0 atom stereocenters. The number of pyridine rings is 1. The number of hydrogen-bond acceptors (Lipinski definition) is 5. The van der Waals surface area contributed by atoms with E-state index in [0.717, 1.165) is 10.9 Å². The van der Waals surface area contributed by atoms with Crippen LogP contribution in [0.3, 0.4) is 0 Å². The number of aromatic amines is 1. The number of sulfone groups is 1. The molecule has 1 aromatic carbocycles. The minimum absolute atomic E-state index is 0.0393. The molecule has 0 saturated carbocycles. The highest BCUT2D eigenvalue weighted by Crippen LogP contribution is 2.29. The van der Waals surface area contributed by atoms with Gasteiger partial charge in [-0.3, -0.25) is 4.79 Å². The van der Waals surface area contributed by atoms with Crippen molar-refractivity contribution in [2.24, 2.45) is 0 Å². The molecule has 2 heterocycles. The van der Waals surface area contributed by atoms with Crippen molar-refractivity contribution in [2.75, 3.05) is 29.5 Å². The lowest BCUT2D eigenvalue weighted by molar-refractivity contribution is 0.587. The van der Waals surface area contributed by atoms with Crippen LogP contribution >= 0.6 is 0 Å². The van der Waals surface area contributed by atoms with E-state index in [-0.39, 0.29) is 17.1 Å². The lowest BCUT2D eigenvalue weighted by atomic mass is 10.1. The third kappa shape index (κ3) is 2.46. The smallest absolute Gasteiger partial charge is 0.268 e. The van der Waals surface area contributed by atoms with Crippen LogP contribution in [0.25, 0.3) is 10.9 Å². The maximum atomic E-state index is 12.1. The van der Waals surface area contributed by atoms with Gasteiger partial charge in [-0.25, -0.2) is 8.42 Å². The van der Waals surface area contributed by atoms with Crippen LogP contribution in [0, 0.1) is 18.3 Å². The predicted molar refractivity (Wildman–Crippen MR) is 84.9 cm³/mol. The van der Waals surface area contributed by atoms with Crippen LogP contribution in [0.5, 0.6) is 0 Å². The topological polar surface area (TPSA) is 94.0 Å². The Balaban J connectivity index is 2.25. The zero-order valence-corrected chi connectivity index (χ0v) is 12.9. The summed E-state index contributed by atoms with van der Waals surface area (Å²) in [5.41, 5.74) is 1.80. The van der Waals surface area contributed by atoms with Crippen molar-refractivity contribution < 1.29 is 8.42 Å². The van der Waals surface area contributed by atoms with Crippen molar-refractivity contribution >= 4 is 26.4 Å². The number of rotatable bonds is 1. The molecule has 0 aliphatic carbocycles. The van der Waals surface area contributed by atoms with Crippen molar-refractivity contribution in [3.63, 3.8) is 0 Å². The molecule has 0 radical (unpaired) electrons. The molecule has 1 saturated heterocycles. The fourth-order valence-corrected chi connectivity index (χ4v) is 3.96. The Morgan fingerprint density at radius 2 is 1.95 bits per heavy atom. The predicted octanol–water partition coefficient (Wildman–Crippen LogP) is 0.943. The zero-order valence-electron chi connectivity index (χ0n) is 12.1. The molecule has 0 amide bonds. The standard InChI is InChI=1S/C15H15N3O3S/c1-10-2-3-13-11(8-10)14(12(9-16)15(19)17-13)18-4-6-22(20,21)7-5-18/h2-3,8H,4-7H2,1H3,(H,17,19). The summed E-state index contributed by atoms with van der Waals surface area (Å²) in [6, 6.07) is 7.55. The van der Waals surface area contributed by atoms with Gasteiger partial charge in [0.2, 0.25) is 0 Å². The Kier molecular flexibility index (Phi) is 3.41. The first-order valence-corrected chi connectivity index (χ1v) is 8.75. The second kappa shape index (κ2) is 5.14. The third-order valence-electron chi connectivity index (χ3n) is 3.91. The Morgan fingerprint density at radius 3 is 2.59 bits per heavy atom. The second-order valence-corrected chi connectivity index (χ2v) is 7.78. The number of hydrogen-bond donors (Lipinski definition) is 1. The average Bonchev–Trinajstić information content (AvgIpc) is 2.47. The number of H-pyrrole nitrogens is 1. The highest BCUT2D eigenvalue weighted by atomic mass is 32.2. The molecule has 3 rings (SSSR count). The average molecular weight is 317 g/mol. The molecule has 7 heteroatoms. The van der Waals surface area contributed by atoms with Crippen molar-refractivity contribution in [3.05, 3.63) is 39.7 Å². The van der Waals surface area contributed by atoms with E-state index in [2.05, 4.69) is 4.98 Å². The molecule has 6 nitrogen and oxygen atoms in total. The van der Waals surface area contributed by atoms with Crippen LogP contribution in [0.2, 0.25) is 0 Å². The highest BCUT2D eigenvalue weighted by Gasteiger charge is 2.26. The van der Waals surface area contributed by atoms with Gasteiger partial charge in [0.15, 0.2) is 9.84 Å². The number of aryl methyl sites for hydroxylation is 1. The first-order chi connectivity index (χ1) is 10.4. The normalized spacial score (nSPS) is 17.4. The largest absolute Gasteiger partial charge is 0.368 e. The SMILES string of the molecule is Cc1ccc2[nH]c(=O)c(C#N)c(N3CCS(=O)(=O)CC3)c2c1. The summed E-state index contributed by atoms with van der Waals surface area (Å²) in [4.78, 5) is 16.7. The fourth-order valence-electron chi connectivity index (χ4n) is 2.76. The zero-order chi connectivity index (χ0) is 15.9. The minimum Gasteiger partial charge on any atom is -0.368 e. The van der Waals surface area contributed by atoms with Crippen LogP contribution < -0.4 is 10.5 Å². The van der Waals surface area contributed by atoms with Gasteiger partial charge >= 0.3 is 0 Å². The van der Waals surface area contributed by atoms with E-state index in [0.29, 0.717) is 24.3 Å². The number of nitriles is 1. The third-order valence-corrected chi connectivity index (χ3v) is 5.52. The van der Waals surface area contributed by atoms with Gasteiger partial charge in [-0.1, -0.05) is 11.6 Å². The summed E-state index contributed by atoms with van der Waals surface area (Å²) >= 11 is 0. The molecule has 0 unspecified atom stereocenters. The van der Waals surface area contributed by atoms with E-state index in [4.69, 9.17) is 0 Å². The van der Waals surface area contributed by atoms with Gasteiger partial charge in [0.05, 0.1) is 22.7 Å². The Labute approximate surface area is 127 Å². The molecule has 114 valence electrons. The summed E-state index contributed by atoms with van der Waals surface area (Å²) < 4.78 is 23.2. The van der Waals surface area contributed by atoms with Gasteiger partial charge in [-0.2, -0.15) is 5.26 Å². The molecule has 1 aliphatic rings. The van der Waals surface area contributed by atoms with Gasteiger partial charge in [0.25, 0.3) is 5.56 Å². The van der Waals surface area contributed by atoms with Crippen molar-refractivity contribution in [3.8, 4) is 6.07 Å². The van der Waals surface area contributed by atoms with Gasteiger partial charge in [-0.15, -0.1) is 0 Å². The minimum atomic E-state index is -3.03. The number of nitrogens with zero attached hydrogens (tertiary/aromatic N) is 2. The molecule has 1 fully saturated rings. The Hall–Kier alpha value is -2.33. The van der Waals surface area contributed by atoms with E-state index in [1.165, 1.54) is 0 Å². The van der Waals surface area contributed by atoms with Gasteiger partial charge in [-0.05, 0) is 19.1 Å². The number of aromatic nitrogens is 1. The number of benzene rings is 1. The maximum absolute atomic E-state index is 12.1. The van der Waals surface area contributed by atoms with E-state index in [1.54, 1.807) is 6.07 Å². The summed E-state index contributed by atoms with van der Waals surface area (Å²) in [6.45, 7) is 2.52. The molecular formula is C15H15N3O3S. The molecule has 1 N–H and O–H groups in total. The van der Waals surface area contributed by atoms with Crippen molar-refractivity contribution in [1.82, 2.24) is 4.98 Å². The quantitative estimate of drug-likeness (QED) is 0.845. The first kappa shape index (κ1) is 14.6. The number of nitrogens with one attached hydrogen (secondary N) is 1. The van der Waals surface area contributed by atoms with Crippen LogP contribution in [0.1, 0.15) is 11.1 Å². The summed E-state index contributed by atoms with van der Waals surface area (Å²) in [7, 11) is -3.03. The monoisotopic (exact) mass is 317 g/mol. The highest BCUT2D eigenvalue weighted by molar-refractivity contribution is 7.91. The van der Waals surface area contributed by atoms with Gasteiger partial charge in [0, 0.05) is 18.5 Å². The number of fused-ring (bicyclic) bond motifs is 1. The lowest BCUT2D eigenvalue weighted by Gasteiger charge is -2.30. The van der Waals surface area contributed by atoms with Crippen LogP contribution in [-0.2, 0) is 9.84 Å². The maximum Gasteiger partial charge on any atom is 0.268 e. The van der Waals surface area contributed by atoms with Crippen LogP contribution in [0.4, 0.5) is 5.69 Å². The van der Waals surface area contributed by atoms with Crippen molar-refractivity contribution in [1.29, 1.82) is 5.26 Å². The van der Waals surface area contributed by atoms with Crippen molar-refractivity contribution in [2.45, 2.75) is 6.92 Å². The Morgan fingerprint density at radius 1 is 1.27 bits per heavy atom. The molecule has 0 bridgehead atoms. The van der Waals surface area contributed by atoms with Crippen LogP contribution in [0.15, 0.2) is 23.0 Å². The van der Waals surface area contributed by atoms with E-state index < -0.39 is 15.4 Å². The van der Waals surface area contributed by atoms with Gasteiger partial charge < -0.3 is 9.88 Å². The number of anilines is 1. The van der Waals surface area contributed by atoms with E-state index in [1.807, 2.05) is 30.0 Å². The first-order valence-electron chi connectivity index (χ1n) is 6.93. The van der Waals surface area contributed by atoms with E-state index in [9.17, 15) is 18.5 Å². The molecule has 1 aromatic heterocycles. The summed E-state index contributed by atoms with van der Waals surface area (Å²) in [5, 5.41) is 10.1. The van der Waals surface area contributed by atoms with E-state index >= 15 is 0 Å². The molecule has 22 heavy (non-hydrogen) atoms.